The SMILES string of the molecule is CCNC(=NCCCCSC)N(C)Cc1ccc(OC)c(F)c1.I. The molecular weight excluding hydrogens is 440 g/mol. The molecule has 24 heavy (non-hydrogen) atoms. The van der Waals surface area contributed by atoms with Crippen LogP contribution in [-0.4, -0.2) is 50.1 Å². The third-order valence-electron chi connectivity index (χ3n) is 3.35. The van der Waals surface area contributed by atoms with Gasteiger partial charge in [-0.25, -0.2) is 4.39 Å². The molecular formula is C17H29FIN3OS. The summed E-state index contributed by atoms with van der Waals surface area (Å²) in [5.41, 5.74) is 0.888. The molecule has 1 aromatic rings. The third-order valence-corrected chi connectivity index (χ3v) is 4.05. The molecule has 0 heterocycles. The van der Waals surface area contributed by atoms with Gasteiger partial charge in [0.2, 0.25) is 0 Å². The Labute approximate surface area is 166 Å². The Morgan fingerprint density at radius 2 is 2.12 bits per heavy atom. The van der Waals surface area contributed by atoms with Crippen molar-refractivity contribution in [1.82, 2.24) is 10.2 Å². The molecule has 0 radical (unpaired) electrons. The second kappa shape index (κ2) is 13.6. The van der Waals surface area contributed by atoms with E-state index in [0.717, 1.165) is 31.0 Å². The number of methoxy groups -OCH3 is 1. The lowest BCUT2D eigenvalue weighted by molar-refractivity contribution is 0.385. The summed E-state index contributed by atoms with van der Waals surface area (Å²) in [5.74, 6) is 1.96. The first-order valence-electron chi connectivity index (χ1n) is 7.93. The summed E-state index contributed by atoms with van der Waals surface area (Å²) < 4.78 is 18.7. The van der Waals surface area contributed by atoms with Gasteiger partial charge < -0.3 is 15.0 Å². The van der Waals surface area contributed by atoms with Crippen LogP contribution in [0.4, 0.5) is 4.39 Å². The number of thioether (sulfide) groups is 1. The van der Waals surface area contributed by atoms with Gasteiger partial charge in [-0.1, -0.05) is 6.07 Å². The lowest BCUT2D eigenvalue weighted by atomic mass is 10.2. The molecule has 0 saturated heterocycles. The summed E-state index contributed by atoms with van der Waals surface area (Å²) in [6.07, 6.45) is 4.38. The van der Waals surface area contributed by atoms with Gasteiger partial charge in [0.15, 0.2) is 17.5 Å². The molecule has 1 rings (SSSR count). The Balaban J connectivity index is 0.00000529. The van der Waals surface area contributed by atoms with Crippen molar-refractivity contribution in [2.75, 3.05) is 39.3 Å². The Morgan fingerprint density at radius 3 is 2.71 bits per heavy atom. The van der Waals surface area contributed by atoms with Crippen LogP contribution in [0.3, 0.4) is 0 Å². The summed E-state index contributed by atoms with van der Waals surface area (Å²) in [6.45, 7) is 4.26. The predicted molar refractivity (Wildman–Crippen MR) is 113 cm³/mol. The van der Waals surface area contributed by atoms with Gasteiger partial charge in [-0.3, -0.25) is 4.99 Å². The average molecular weight is 469 g/mol. The molecule has 138 valence electrons. The summed E-state index contributed by atoms with van der Waals surface area (Å²) >= 11 is 1.86. The van der Waals surface area contributed by atoms with E-state index in [0.29, 0.717) is 6.54 Å². The van der Waals surface area contributed by atoms with E-state index < -0.39 is 0 Å². The Bertz CT molecular complexity index is 503. The van der Waals surface area contributed by atoms with Crippen molar-refractivity contribution in [2.24, 2.45) is 4.99 Å². The van der Waals surface area contributed by atoms with E-state index in [2.05, 4.69) is 16.6 Å². The van der Waals surface area contributed by atoms with Crippen molar-refractivity contribution in [3.8, 4) is 5.75 Å². The zero-order chi connectivity index (χ0) is 17.1. The highest BCUT2D eigenvalue weighted by Gasteiger charge is 2.09. The quantitative estimate of drug-likeness (QED) is 0.257. The summed E-state index contributed by atoms with van der Waals surface area (Å²) in [4.78, 5) is 6.65. The maximum atomic E-state index is 13.8. The maximum absolute atomic E-state index is 13.8. The minimum absolute atomic E-state index is 0. The average Bonchev–Trinajstić information content (AvgIpc) is 2.53. The zero-order valence-electron chi connectivity index (χ0n) is 15.0. The van der Waals surface area contributed by atoms with E-state index in [-0.39, 0.29) is 35.5 Å². The number of ether oxygens (including phenoxy) is 1. The van der Waals surface area contributed by atoms with Crippen molar-refractivity contribution in [3.05, 3.63) is 29.6 Å². The van der Waals surface area contributed by atoms with Crippen LogP contribution in [0, 0.1) is 5.82 Å². The minimum atomic E-state index is -0.336. The van der Waals surface area contributed by atoms with Crippen LogP contribution >= 0.6 is 35.7 Å². The topological polar surface area (TPSA) is 36.9 Å². The number of rotatable bonds is 9. The zero-order valence-corrected chi connectivity index (χ0v) is 18.1. The number of nitrogens with one attached hydrogen (secondary N) is 1. The molecule has 0 aliphatic heterocycles. The molecule has 1 aromatic carbocycles. The first-order chi connectivity index (χ1) is 11.1. The summed E-state index contributed by atoms with van der Waals surface area (Å²) in [6, 6.07) is 5.04. The van der Waals surface area contributed by atoms with Crippen molar-refractivity contribution in [2.45, 2.75) is 26.3 Å². The molecule has 0 saturated carbocycles. The number of aliphatic imine (C=N–C) groups is 1. The molecule has 0 bridgehead atoms. The van der Waals surface area contributed by atoms with Crippen molar-refractivity contribution in [1.29, 1.82) is 0 Å². The van der Waals surface area contributed by atoms with Crippen molar-refractivity contribution in [3.63, 3.8) is 0 Å². The smallest absolute Gasteiger partial charge is 0.193 e. The van der Waals surface area contributed by atoms with Gasteiger partial charge in [0.25, 0.3) is 0 Å². The number of benzene rings is 1. The van der Waals surface area contributed by atoms with E-state index in [1.165, 1.54) is 25.3 Å². The molecule has 1 N–H and O–H groups in total. The van der Waals surface area contributed by atoms with Gasteiger partial charge in [0, 0.05) is 26.7 Å². The molecule has 0 aromatic heterocycles. The largest absolute Gasteiger partial charge is 0.494 e. The normalized spacial score (nSPS) is 11.0. The number of unbranched alkanes of at least 4 members (excludes halogenated alkanes) is 1. The highest BCUT2D eigenvalue weighted by Crippen LogP contribution is 2.18. The molecule has 0 atom stereocenters. The van der Waals surface area contributed by atoms with Crippen LogP contribution in [0.2, 0.25) is 0 Å². The van der Waals surface area contributed by atoms with Gasteiger partial charge in [-0.2, -0.15) is 11.8 Å². The lowest BCUT2D eigenvalue weighted by Gasteiger charge is -2.22. The van der Waals surface area contributed by atoms with Crippen LogP contribution in [0.1, 0.15) is 25.3 Å². The second-order valence-corrected chi connectivity index (χ2v) is 6.25. The van der Waals surface area contributed by atoms with E-state index in [1.54, 1.807) is 6.07 Å². The number of hydrogen-bond donors (Lipinski definition) is 1. The second-order valence-electron chi connectivity index (χ2n) is 5.26. The molecule has 0 amide bonds. The van der Waals surface area contributed by atoms with Gasteiger partial charge in [-0.05, 0) is 49.5 Å². The Kier molecular flexibility index (Phi) is 13.2. The van der Waals surface area contributed by atoms with Gasteiger partial charge in [-0.15, -0.1) is 24.0 Å². The fraction of sp³-hybridized carbons (Fsp3) is 0.588. The maximum Gasteiger partial charge on any atom is 0.193 e. The fourth-order valence-corrected chi connectivity index (χ4v) is 2.66. The minimum Gasteiger partial charge on any atom is -0.494 e. The van der Waals surface area contributed by atoms with E-state index in [1.807, 2.05) is 36.7 Å². The molecule has 4 nitrogen and oxygen atoms in total. The first kappa shape index (κ1) is 23.3. The number of guanidine groups is 1. The summed E-state index contributed by atoms with van der Waals surface area (Å²) in [5, 5.41) is 3.28. The van der Waals surface area contributed by atoms with Crippen LogP contribution < -0.4 is 10.1 Å². The standard InChI is InChI=1S/C17H28FN3OS.HI/c1-5-19-17(20-10-6-7-11-23-4)21(2)13-14-8-9-16(22-3)15(18)12-14;/h8-9,12H,5-7,10-11,13H2,1-4H3,(H,19,20);1H. The fourth-order valence-electron chi connectivity index (χ4n) is 2.17. The van der Waals surface area contributed by atoms with E-state index in [9.17, 15) is 4.39 Å². The molecule has 0 spiro atoms. The van der Waals surface area contributed by atoms with Crippen LogP contribution in [0.5, 0.6) is 5.75 Å². The molecule has 0 fully saturated rings. The molecule has 0 unspecified atom stereocenters. The molecule has 7 heteroatoms. The molecule has 0 aliphatic carbocycles. The number of nitrogens with zero attached hydrogens (tertiary/aromatic N) is 2. The predicted octanol–water partition coefficient (Wildman–Crippen LogP) is 3.99. The van der Waals surface area contributed by atoms with Crippen molar-refractivity contribution < 1.29 is 9.13 Å². The Morgan fingerprint density at radius 1 is 1.38 bits per heavy atom. The first-order valence-corrected chi connectivity index (χ1v) is 9.32. The van der Waals surface area contributed by atoms with Gasteiger partial charge in [0.05, 0.1) is 7.11 Å². The van der Waals surface area contributed by atoms with E-state index >= 15 is 0 Å². The van der Waals surface area contributed by atoms with Gasteiger partial charge >= 0.3 is 0 Å². The lowest BCUT2D eigenvalue weighted by Crippen LogP contribution is -2.38. The summed E-state index contributed by atoms with van der Waals surface area (Å²) in [7, 11) is 3.43. The third kappa shape index (κ3) is 8.41. The van der Waals surface area contributed by atoms with Crippen LogP contribution in [-0.2, 0) is 6.54 Å². The Hall–Kier alpha value is -0.700. The number of halogens is 2. The van der Waals surface area contributed by atoms with E-state index in [4.69, 9.17) is 4.74 Å². The number of hydrogen-bond acceptors (Lipinski definition) is 3. The van der Waals surface area contributed by atoms with Crippen molar-refractivity contribution >= 4 is 41.7 Å². The monoisotopic (exact) mass is 469 g/mol. The van der Waals surface area contributed by atoms with Gasteiger partial charge in [0.1, 0.15) is 0 Å². The van der Waals surface area contributed by atoms with Crippen LogP contribution in [0.15, 0.2) is 23.2 Å². The highest BCUT2D eigenvalue weighted by molar-refractivity contribution is 14.0. The highest BCUT2D eigenvalue weighted by atomic mass is 127. The molecule has 0 aliphatic rings. The van der Waals surface area contributed by atoms with Crippen LogP contribution in [0.25, 0.3) is 0 Å².